The van der Waals surface area contributed by atoms with E-state index < -0.39 is 29.3 Å². The van der Waals surface area contributed by atoms with Crippen LogP contribution in [0.15, 0.2) is 38.0 Å². The summed E-state index contributed by atoms with van der Waals surface area (Å²) in [6.07, 6.45) is 10.4. The lowest BCUT2D eigenvalue weighted by Crippen LogP contribution is -2.43. The number of rotatable bonds is 21. The third-order valence-electron chi connectivity index (χ3n) is 4.69. The summed E-state index contributed by atoms with van der Waals surface area (Å²) in [6, 6.07) is 0. The lowest BCUT2D eigenvalue weighted by atomic mass is 9.92. The summed E-state index contributed by atoms with van der Waals surface area (Å²) in [6.45, 7) is 10.8. The Morgan fingerprint density at radius 3 is 1.59 bits per heavy atom. The van der Waals surface area contributed by atoms with Crippen LogP contribution in [-0.2, 0) is 38.1 Å². The van der Waals surface area contributed by atoms with Crippen LogP contribution < -0.4 is 0 Å². The van der Waals surface area contributed by atoms with Crippen LogP contribution in [0.5, 0.6) is 0 Å². The molecule has 0 fully saturated rings. The van der Waals surface area contributed by atoms with Crippen molar-refractivity contribution in [3.63, 3.8) is 0 Å². The molecular weight excluding hydrogens is 460 g/mol. The van der Waals surface area contributed by atoms with E-state index in [1.165, 1.54) is 32.1 Å². The second-order valence-electron chi connectivity index (χ2n) is 7.73. The van der Waals surface area contributed by atoms with E-state index in [4.69, 9.17) is 18.9 Å². The summed E-state index contributed by atoms with van der Waals surface area (Å²) in [5.74, 6) is -1.05. The van der Waals surface area contributed by atoms with Gasteiger partial charge in [-0.15, -0.1) is 0 Å². The fourth-order valence-electron chi connectivity index (χ4n) is 2.65. The summed E-state index contributed by atoms with van der Waals surface area (Å²) in [4.78, 5) is 47.0. The molecule has 8 nitrogen and oxygen atoms in total. The normalized spacial score (nSPS) is 10.6. The zero-order valence-electron chi connectivity index (χ0n) is 20.2. The van der Waals surface area contributed by atoms with Crippen LogP contribution in [0, 0.1) is 5.41 Å². The largest absolute Gasteiger partial charge is 0.465 e. The molecule has 9 heteroatoms. The molecule has 0 aromatic heterocycles. The molecule has 0 atom stereocenters. The van der Waals surface area contributed by atoms with Crippen LogP contribution in [0.1, 0.15) is 51.9 Å². The van der Waals surface area contributed by atoms with E-state index in [1.54, 1.807) is 11.8 Å². The molecule has 34 heavy (non-hydrogen) atoms. The van der Waals surface area contributed by atoms with E-state index in [9.17, 15) is 19.2 Å². The molecule has 0 aromatic rings. The zero-order chi connectivity index (χ0) is 25.7. The highest BCUT2D eigenvalue weighted by atomic mass is 32.2. The third kappa shape index (κ3) is 16.1. The molecule has 0 aliphatic heterocycles. The second-order valence-corrected chi connectivity index (χ2v) is 8.95. The number of carbonyl (C=O) groups excluding carboxylic acids is 4. The maximum absolute atomic E-state index is 12.3. The molecule has 0 saturated carbocycles. The average molecular weight is 499 g/mol. The van der Waals surface area contributed by atoms with Crippen molar-refractivity contribution < 1.29 is 38.1 Å². The number of thioether (sulfide) groups is 1. The Labute approximate surface area is 207 Å². The summed E-state index contributed by atoms with van der Waals surface area (Å²) < 4.78 is 20.7. The van der Waals surface area contributed by atoms with Crippen molar-refractivity contribution >= 4 is 35.6 Å². The molecule has 0 spiro atoms. The van der Waals surface area contributed by atoms with E-state index in [-0.39, 0.29) is 32.8 Å². The highest BCUT2D eigenvalue weighted by Gasteiger charge is 2.37. The fraction of sp³-hybridized carbons (Fsp3) is 0.600. The van der Waals surface area contributed by atoms with Gasteiger partial charge in [-0.2, -0.15) is 11.8 Å². The molecule has 0 saturated heterocycles. The van der Waals surface area contributed by atoms with Crippen molar-refractivity contribution in [1.29, 1.82) is 0 Å². The monoisotopic (exact) mass is 498 g/mol. The van der Waals surface area contributed by atoms with Crippen molar-refractivity contribution in [2.75, 3.05) is 37.9 Å². The van der Waals surface area contributed by atoms with E-state index in [0.29, 0.717) is 5.75 Å². The molecular formula is C25H38O8S. The van der Waals surface area contributed by atoms with Gasteiger partial charge < -0.3 is 18.9 Å². The molecule has 0 heterocycles. The maximum atomic E-state index is 12.3. The molecule has 0 N–H and O–H groups in total. The van der Waals surface area contributed by atoms with Gasteiger partial charge in [-0.1, -0.05) is 58.8 Å². The lowest BCUT2D eigenvalue weighted by molar-refractivity contribution is -0.165. The van der Waals surface area contributed by atoms with Crippen molar-refractivity contribution in [2.45, 2.75) is 51.9 Å². The van der Waals surface area contributed by atoms with Crippen LogP contribution >= 0.6 is 11.8 Å². The number of hydrogen-bond donors (Lipinski definition) is 0. The lowest BCUT2D eigenvalue weighted by Gasteiger charge is -2.31. The SMILES string of the molecule is C=CC(=O)OCC(COC(=O)C=C)(COC(=O)C=C)COC(=O)CCSCCCCCCCC. The highest BCUT2D eigenvalue weighted by Crippen LogP contribution is 2.22. The van der Waals surface area contributed by atoms with Gasteiger partial charge in [-0.25, -0.2) is 14.4 Å². The zero-order valence-corrected chi connectivity index (χ0v) is 21.0. The molecule has 0 amide bonds. The first kappa shape index (κ1) is 31.4. The second kappa shape index (κ2) is 19.9. The predicted octanol–water partition coefficient (Wildman–Crippen LogP) is 4.19. The van der Waals surface area contributed by atoms with Crippen molar-refractivity contribution in [3.05, 3.63) is 38.0 Å². The molecule has 0 radical (unpaired) electrons. The smallest absolute Gasteiger partial charge is 0.330 e. The Morgan fingerprint density at radius 1 is 0.676 bits per heavy atom. The van der Waals surface area contributed by atoms with Gasteiger partial charge in [0.05, 0.1) is 6.42 Å². The standard InChI is InChI=1S/C25H38O8S/c1-5-9-10-11-12-13-15-34-16-14-24(29)33-20-25(17-30-21(26)6-2,18-31-22(27)7-3)19-32-23(28)8-4/h6-8H,2-5,9-20H2,1H3. The Balaban J connectivity index is 4.82. The minimum Gasteiger partial charge on any atom is -0.465 e. The van der Waals surface area contributed by atoms with Gasteiger partial charge in [0.2, 0.25) is 0 Å². The molecule has 192 valence electrons. The van der Waals surface area contributed by atoms with E-state index in [1.807, 2.05) is 0 Å². The molecule has 0 aliphatic rings. The molecule has 0 unspecified atom stereocenters. The summed E-state index contributed by atoms with van der Waals surface area (Å²) in [7, 11) is 0. The Morgan fingerprint density at radius 2 is 1.12 bits per heavy atom. The van der Waals surface area contributed by atoms with Gasteiger partial charge in [0.1, 0.15) is 31.8 Å². The first-order chi connectivity index (χ1) is 16.3. The number of hydrogen-bond acceptors (Lipinski definition) is 9. The van der Waals surface area contributed by atoms with E-state index in [2.05, 4.69) is 26.7 Å². The highest BCUT2D eigenvalue weighted by molar-refractivity contribution is 7.99. The Hall–Kier alpha value is -2.55. The minimum absolute atomic E-state index is 0.196. The van der Waals surface area contributed by atoms with Crippen LogP contribution in [0.25, 0.3) is 0 Å². The quantitative estimate of drug-likeness (QED) is 0.0997. The minimum atomic E-state index is -1.31. The van der Waals surface area contributed by atoms with Gasteiger partial charge in [0.25, 0.3) is 0 Å². The number of unbranched alkanes of at least 4 members (excludes halogenated alkanes) is 5. The van der Waals surface area contributed by atoms with Gasteiger partial charge in [0.15, 0.2) is 0 Å². The first-order valence-electron chi connectivity index (χ1n) is 11.4. The third-order valence-corrected chi connectivity index (χ3v) is 5.76. The van der Waals surface area contributed by atoms with Crippen LogP contribution in [0.2, 0.25) is 0 Å². The van der Waals surface area contributed by atoms with Gasteiger partial charge >= 0.3 is 23.9 Å². The van der Waals surface area contributed by atoms with Crippen LogP contribution in [-0.4, -0.2) is 61.8 Å². The van der Waals surface area contributed by atoms with Gasteiger partial charge in [-0.05, 0) is 12.2 Å². The van der Waals surface area contributed by atoms with Crippen molar-refractivity contribution in [3.8, 4) is 0 Å². The average Bonchev–Trinajstić information content (AvgIpc) is 2.85. The predicted molar refractivity (Wildman–Crippen MR) is 132 cm³/mol. The Bertz CT molecular complexity index is 614. The van der Waals surface area contributed by atoms with Crippen molar-refractivity contribution in [2.24, 2.45) is 5.41 Å². The van der Waals surface area contributed by atoms with Crippen LogP contribution in [0.4, 0.5) is 0 Å². The Kier molecular flexibility index (Phi) is 18.4. The first-order valence-corrected chi connectivity index (χ1v) is 12.6. The number of ether oxygens (including phenoxy) is 4. The number of esters is 4. The fourth-order valence-corrected chi connectivity index (χ4v) is 3.57. The maximum Gasteiger partial charge on any atom is 0.330 e. The van der Waals surface area contributed by atoms with Crippen LogP contribution in [0.3, 0.4) is 0 Å². The summed E-state index contributed by atoms with van der Waals surface area (Å²) in [5.41, 5.74) is -1.31. The van der Waals surface area contributed by atoms with E-state index >= 15 is 0 Å². The van der Waals surface area contributed by atoms with Gasteiger partial charge in [0, 0.05) is 24.0 Å². The summed E-state index contributed by atoms with van der Waals surface area (Å²) >= 11 is 1.69. The molecule has 0 aromatic carbocycles. The molecule has 0 aliphatic carbocycles. The molecule has 0 rings (SSSR count). The number of carbonyl (C=O) groups is 4. The molecule has 0 bridgehead atoms. The summed E-state index contributed by atoms with van der Waals surface area (Å²) in [5, 5.41) is 0. The van der Waals surface area contributed by atoms with Gasteiger partial charge in [-0.3, -0.25) is 4.79 Å². The topological polar surface area (TPSA) is 105 Å². The van der Waals surface area contributed by atoms with Crippen molar-refractivity contribution in [1.82, 2.24) is 0 Å². The van der Waals surface area contributed by atoms with E-state index in [0.717, 1.165) is 30.4 Å².